The number of carbonyl (C=O) groups is 2. The number of carbonyl (C=O) groups excluding carboxylic acids is 2. The molecule has 34 heavy (non-hydrogen) atoms. The van der Waals surface area contributed by atoms with Crippen molar-refractivity contribution in [3.8, 4) is 0 Å². The van der Waals surface area contributed by atoms with Crippen LogP contribution in [0.25, 0.3) is 0 Å². The van der Waals surface area contributed by atoms with Gasteiger partial charge in [-0.2, -0.15) is 0 Å². The van der Waals surface area contributed by atoms with Crippen molar-refractivity contribution in [1.82, 2.24) is 0 Å². The maximum Gasteiger partial charge on any atom is 0.242 e. The van der Waals surface area contributed by atoms with E-state index < -0.39 is 5.25 Å². The van der Waals surface area contributed by atoms with Gasteiger partial charge in [0.2, 0.25) is 11.8 Å². The Hall–Kier alpha value is -2.76. The van der Waals surface area contributed by atoms with Gasteiger partial charge in [0, 0.05) is 27.2 Å². The summed E-state index contributed by atoms with van der Waals surface area (Å²) in [6, 6.07) is 22.9. The van der Waals surface area contributed by atoms with Gasteiger partial charge in [-0.3, -0.25) is 9.59 Å². The van der Waals surface area contributed by atoms with Crippen LogP contribution in [0.3, 0.4) is 0 Å². The molecule has 0 aliphatic heterocycles. The minimum absolute atomic E-state index is 0.0919. The number of hydrogen-bond donors (Lipinski definition) is 2. The lowest BCUT2D eigenvalue weighted by Gasteiger charge is -2.21. The Balaban J connectivity index is 1.51. The maximum absolute atomic E-state index is 13.3. The summed E-state index contributed by atoms with van der Waals surface area (Å²) < 4.78 is 0. The fourth-order valence-electron chi connectivity index (χ4n) is 4.17. The molecule has 2 N–H and O–H groups in total. The van der Waals surface area contributed by atoms with E-state index in [1.165, 1.54) is 18.2 Å². The van der Waals surface area contributed by atoms with Crippen LogP contribution in [0.5, 0.6) is 0 Å². The van der Waals surface area contributed by atoms with Crippen molar-refractivity contribution < 1.29 is 9.59 Å². The second-order valence-electron chi connectivity index (χ2n) is 8.71. The molecule has 2 amide bonds. The number of benzene rings is 3. The molecular formula is C28H29ClN2O2S. The number of anilines is 2. The van der Waals surface area contributed by atoms with Gasteiger partial charge in [-0.15, -0.1) is 11.8 Å². The molecule has 1 saturated carbocycles. The van der Waals surface area contributed by atoms with Crippen molar-refractivity contribution in [2.45, 2.75) is 49.2 Å². The average molecular weight is 493 g/mol. The third-order valence-corrected chi connectivity index (χ3v) is 7.77. The van der Waals surface area contributed by atoms with Gasteiger partial charge < -0.3 is 10.6 Å². The summed E-state index contributed by atoms with van der Waals surface area (Å²) in [5, 5.41) is 6.23. The molecule has 0 aromatic heterocycles. The van der Waals surface area contributed by atoms with Gasteiger partial charge >= 0.3 is 0 Å². The van der Waals surface area contributed by atoms with E-state index >= 15 is 0 Å². The number of rotatable bonds is 7. The molecule has 0 spiro atoms. The van der Waals surface area contributed by atoms with Crippen LogP contribution in [0, 0.1) is 12.8 Å². The zero-order valence-electron chi connectivity index (χ0n) is 19.2. The van der Waals surface area contributed by atoms with Crippen molar-refractivity contribution in [3.05, 3.63) is 88.9 Å². The molecule has 1 atom stereocenters. The first-order chi connectivity index (χ1) is 16.5. The average Bonchev–Trinajstić information content (AvgIpc) is 2.86. The van der Waals surface area contributed by atoms with Crippen LogP contribution in [0.1, 0.15) is 48.5 Å². The summed E-state index contributed by atoms with van der Waals surface area (Å²) in [5.41, 5.74) is 3.29. The smallest absolute Gasteiger partial charge is 0.242 e. The van der Waals surface area contributed by atoms with E-state index in [0.29, 0.717) is 10.7 Å². The number of halogens is 1. The first-order valence-electron chi connectivity index (χ1n) is 11.7. The molecular weight excluding hydrogens is 464 g/mol. The minimum Gasteiger partial charge on any atom is -0.326 e. The van der Waals surface area contributed by atoms with Crippen LogP contribution in [0.2, 0.25) is 5.02 Å². The van der Waals surface area contributed by atoms with Gasteiger partial charge in [0.1, 0.15) is 5.25 Å². The number of thioether (sulfide) groups is 1. The standard InChI is InChI=1S/C28H29ClN2O2S/c1-19-15-16-23(18-25(19)29)31-28(33)26(20-9-4-2-5-10-20)34-24-14-8-13-22(17-24)30-27(32)21-11-6-3-7-12-21/h2,4-5,8-10,13-18,21,26H,3,6-7,11-12H2,1H3,(H,30,32)(H,31,33). The number of aryl methyl sites for hydroxylation is 1. The van der Waals surface area contributed by atoms with E-state index in [-0.39, 0.29) is 17.7 Å². The fourth-order valence-corrected chi connectivity index (χ4v) is 5.44. The second-order valence-corrected chi connectivity index (χ2v) is 10.3. The topological polar surface area (TPSA) is 58.2 Å². The molecule has 1 fully saturated rings. The fraction of sp³-hybridized carbons (Fsp3) is 0.286. The highest BCUT2D eigenvalue weighted by Gasteiger charge is 2.24. The van der Waals surface area contributed by atoms with Crippen molar-refractivity contribution in [1.29, 1.82) is 0 Å². The van der Waals surface area contributed by atoms with Crippen molar-refractivity contribution in [2.24, 2.45) is 5.92 Å². The molecule has 176 valence electrons. The van der Waals surface area contributed by atoms with E-state index in [9.17, 15) is 9.59 Å². The lowest BCUT2D eigenvalue weighted by atomic mass is 9.88. The zero-order valence-corrected chi connectivity index (χ0v) is 20.8. The molecule has 0 saturated heterocycles. The Bertz CT molecular complexity index is 1150. The SMILES string of the molecule is Cc1ccc(NC(=O)C(Sc2cccc(NC(=O)C3CCCCC3)c2)c2ccccc2)cc1Cl. The predicted molar refractivity (Wildman–Crippen MR) is 142 cm³/mol. The monoisotopic (exact) mass is 492 g/mol. The van der Waals surface area contributed by atoms with Crippen molar-refractivity contribution in [2.75, 3.05) is 10.6 Å². The van der Waals surface area contributed by atoms with Gasteiger partial charge in [-0.25, -0.2) is 0 Å². The minimum atomic E-state index is -0.467. The normalized spacial score (nSPS) is 14.9. The Morgan fingerprint density at radius 3 is 2.35 bits per heavy atom. The Kier molecular flexibility index (Phi) is 8.30. The lowest BCUT2D eigenvalue weighted by molar-refractivity contribution is -0.120. The van der Waals surface area contributed by atoms with E-state index in [4.69, 9.17) is 11.6 Å². The van der Waals surface area contributed by atoms with Gasteiger partial charge in [-0.1, -0.05) is 73.3 Å². The van der Waals surface area contributed by atoms with Gasteiger partial charge in [0.05, 0.1) is 0 Å². The van der Waals surface area contributed by atoms with E-state index in [1.54, 1.807) is 6.07 Å². The quantitative estimate of drug-likeness (QED) is 0.333. The number of nitrogens with one attached hydrogen (secondary N) is 2. The highest BCUT2D eigenvalue weighted by molar-refractivity contribution is 8.00. The first kappa shape index (κ1) is 24.4. The highest BCUT2D eigenvalue weighted by Crippen LogP contribution is 2.37. The van der Waals surface area contributed by atoms with Crippen molar-refractivity contribution in [3.63, 3.8) is 0 Å². The molecule has 3 aromatic rings. The van der Waals surface area contributed by atoms with Gasteiger partial charge in [0.25, 0.3) is 0 Å². The molecule has 4 nitrogen and oxygen atoms in total. The highest BCUT2D eigenvalue weighted by atomic mass is 35.5. The second kappa shape index (κ2) is 11.6. The summed E-state index contributed by atoms with van der Waals surface area (Å²) >= 11 is 7.70. The maximum atomic E-state index is 13.3. The number of hydrogen-bond acceptors (Lipinski definition) is 3. The van der Waals surface area contributed by atoms with Crippen LogP contribution in [-0.4, -0.2) is 11.8 Å². The van der Waals surface area contributed by atoms with Gasteiger partial charge in [0.15, 0.2) is 0 Å². The molecule has 1 aliphatic carbocycles. The van der Waals surface area contributed by atoms with Crippen LogP contribution in [0.15, 0.2) is 77.7 Å². The van der Waals surface area contributed by atoms with E-state index in [0.717, 1.165) is 47.4 Å². The third kappa shape index (κ3) is 6.43. The molecule has 1 aliphatic rings. The molecule has 1 unspecified atom stereocenters. The van der Waals surface area contributed by atoms with E-state index in [2.05, 4.69) is 10.6 Å². The van der Waals surface area contributed by atoms with Crippen LogP contribution < -0.4 is 10.6 Å². The lowest BCUT2D eigenvalue weighted by Crippen LogP contribution is -2.24. The largest absolute Gasteiger partial charge is 0.326 e. The van der Waals surface area contributed by atoms with Crippen LogP contribution in [-0.2, 0) is 9.59 Å². The molecule has 4 rings (SSSR count). The first-order valence-corrected chi connectivity index (χ1v) is 12.9. The van der Waals surface area contributed by atoms with E-state index in [1.807, 2.05) is 73.7 Å². The van der Waals surface area contributed by atoms with Crippen LogP contribution in [0.4, 0.5) is 11.4 Å². The Morgan fingerprint density at radius 1 is 0.882 bits per heavy atom. The third-order valence-electron chi connectivity index (χ3n) is 6.11. The Morgan fingerprint density at radius 2 is 1.62 bits per heavy atom. The Labute approximate surface area is 210 Å². The zero-order chi connectivity index (χ0) is 23.9. The number of amides is 2. The summed E-state index contributed by atoms with van der Waals surface area (Å²) in [7, 11) is 0. The molecule has 6 heteroatoms. The summed E-state index contributed by atoms with van der Waals surface area (Å²) in [6.45, 7) is 1.93. The molecule has 0 radical (unpaired) electrons. The summed E-state index contributed by atoms with van der Waals surface area (Å²) in [5.74, 6) is 0.0532. The summed E-state index contributed by atoms with van der Waals surface area (Å²) in [4.78, 5) is 26.9. The van der Waals surface area contributed by atoms with Gasteiger partial charge in [-0.05, 0) is 61.2 Å². The molecule has 0 bridgehead atoms. The molecule has 0 heterocycles. The van der Waals surface area contributed by atoms with Crippen LogP contribution >= 0.6 is 23.4 Å². The predicted octanol–water partition coefficient (Wildman–Crippen LogP) is 7.64. The summed E-state index contributed by atoms with van der Waals surface area (Å²) in [6.07, 6.45) is 5.37. The molecule has 3 aromatic carbocycles. The van der Waals surface area contributed by atoms with Crippen molar-refractivity contribution >= 4 is 46.6 Å².